The fourth-order valence-corrected chi connectivity index (χ4v) is 1.90. The maximum absolute atomic E-state index is 11.6. The van der Waals surface area contributed by atoms with Crippen molar-refractivity contribution in [3.63, 3.8) is 0 Å². The first kappa shape index (κ1) is 10.2. The van der Waals surface area contributed by atoms with Gasteiger partial charge >= 0.3 is 0 Å². The van der Waals surface area contributed by atoms with Gasteiger partial charge in [0.1, 0.15) is 0 Å². The monoisotopic (exact) mass is 204 g/mol. The quantitative estimate of drug-likeness (QED) is 0.799. The molecule has 0 aliphatic carbocycles. The highest BCUT2D eigenvalue weighted by Gasteiger charge is 2.21. The predicted molar refractivity (Wildman–Crippen MR) is 60.6 cm³/mol. The van der Waals surface area contributed by atoms with Gasteiger partial charge in [-0.2, -0.15) is 0 Å². The van der Waals surface area contributed by atoms with Crippen molar-refractivity contribution in [2.24, 2.45) is 5.73 Å². The molecule has 1 aliphatic rings. The van der Waals surface area contributed by atoms with Crippen molar-refractivity contribution in [3.05, 3.63) is 29.8 Å². The topological polar surface area (TPSA) is 46.3 Å². The third kappa shape index (κ3) is 2.02. The van der Waals surface area contributed by atoms with Gasteiger partial charge in [-0.3, -0.25) is 4.79 Å². The van der Waals surface area contributed by atoms with Crippen LogP contribution < -0.4 is 10.6 Å². The number of nitrogens with zero attached hydrogens (tertiary/aromatic N) is 1. The zero-order chi connectivity index (χ0) is 10.8. The molecule has 1 aromatic carbocycles. The molecule has 1 aliphatic heterocycles. The Morgan fingerprint density at radius 1 is 1.47 bits per heavy atom. The molecule has 1 fully saturated rings. The van der Waals surface area contributed by atoms with Crippen molar-refractivity contribution in [1.29, 1.82) is 0 Å². The average Bonchev–Trinajstić information content (AvgIpc) is 2.64. The molecule has 80 valence electrons. The summed E-state index contributed by atoms with van der Waals surface area (Å²) in [5.41, 5.74) is 7.87. The molecule has 3 nitrogen and oxygen atoms in total. The van der Waals surface area contributed by atoms with E-state index in [0.717, 1.165) is 24.2 Å². The summed E-state index contributed by atoms with van der Waals surface area (Å²) in [6, 6.07) is 7.94. The van der Waals surface area contributed by atoms with Gasteiger partial charge < -0.3 is 10.6 Å². The number of hydrogen-bond acceptors (Lipinski definition) is 2. The van der Waals surface area contributed by atoms with E-state index in [4.69, 9.17) is 5.73 Å². The van der Waals surface area contributed by atoms with Gasteiger partial charge in [-0.25, -0.2) is 0 Å². The molecule has 0 aromatic heterocycles. The van der Waals surface area contributed by atoms with Crippen molar-refractivity contribution >= 4 is 11.6 Å². The van der Waals surface area contributed by atoms with Crippen LogP contribution in [0.15, 0.2) is 24.3 Å². The van der Waals surface area contributed by atoms with Gasteiger partial charge in [0.05, 0.1) is 0 Å². The molecule has 1 saturated heterocycles. The summed E-state index contributed by atoms with van der Waals surface area (Å²) >= 11 is 0. The molecule has 2 N–H and O–H groups in total. The van der Waals surface area contributed by atoms with Crippen molar-refractivity contribution < 1.29 is 4.79 Å². The van der Waals surface area contributed by atoms with E-state index in [-0.39, 0.29) is 11.9 Å². The first-order valence-electron chi connectivity index (χ1n) is 5.34. The SMILES string of the molecule is C[C@H](N)c1cccc(N2CCCC2=O)c1. The minimum absolute atomic E-state index is 0.0163. The predicted octanol–water partition coefficient (Wildman–Crippen LogP) is 1.83. The lowest BCUT2D eigenvalue weighted by Gasteiger charge is -2.17. The first-order chi connectivity index (χ1) is 7.18. The highest BCUT2D eigenvalue weighted by molar-refractivity contribution is 5.95. The van der Waals surface area contributed by atoms with Gasteiger partial charge in [0.25, 0.3) is 0 Å². The molecule has 0 bridgehead atoms. The highest BCUT2D eigenvalue weighted by atomic mass is 16.2. The van der Waals surface area contributed by atoms with Crippen LogP contribution in [0.5, 0.6) is 0 Å². The van der Waals surface area contributed by atoms with Crippen LogP contribution in [-0.2, 0) is 4.79 Å². The molecule has 0 unspecified atom stereocenters. The van der Waals surface area contributed by atoms with E-state index < -0.39 is 0 Å². The molecule has 1 amide bonds. The minimum atomic E-state index is 0.0163. The molecule has 2 rings (SSSR count). The smallest absolute Gasteiger partial charge is 0.227 e. The Morgan fingerprint density at radius 3 is 2.87 bits per heavy atom. The fourth-order valence-electron chi connectivity index (χ4n) is 1.90. The Labute approximate surface area is 89.9 Å². The third-order valence-electron chi connectivity index (χ3n) is 2.78. The number of amides is 1. The second-order valence-corrected chi connectivity index (χ2v) is 4.03. The van der Waals surface area contributed by atoms with Crippen LogP contribution in [-0.4, -0.2) is 12.5 Å². The Morgan fingerprint density at radius 2 is 2.27 bits per heavy atom. The molecule has 0 saturated carbocycles. The van der Waals surface area contributed by atoms with Crippen molar-refractivity contribution in [2.75, 3.05) is 11.4 Å². The largest absolute Gasteiger partial charge is 0.324 e. The van der Waals surface area contributed by atoms with Crippen molar-refractivity contribution in [3.8, 4) is 0 Å². The molecule has 0 spiro atoms. The van der Waals surface area contributed by atoms with E-state index in [1.165, 1.54) is 0 Å². The number of benzene rings is 1. The number of hydrogen-bond donors (Lipinski definition) is 1. The molecule has 15 heavy (non-hydrogen) atoms. The Balaban J connectivity index is 2.28. The molecule has 1 heterocycles. The van der Waals surface area contributed by atoms with Gasteiger partial charge in [0.15, 0.2) is 0 Å². The van der Waals surface area contributed by atoms with E-state index in [9.17, 15) is 4.79 Å². The number of carbonyl (C=O) groups is 1. The van der Waals surface area contributed by atoms with Gasteiger partial charge in [-0.05, 0) is 31.0 Å². The van der Waals surface area contributed by atoms with Gasteiger partial charge in [-0.15, -0.1) is 0 Å². The standard InChI is InChI=1S/C12H16N2O/c1-9(13)10-4-2-5-11(8-10)14-7-3-6-12(14)15/h2,4-5,8-9H,3,6-7,13H2,1H3/t9-/m0/s1. The second-order valence-electron chi connectivity index (χ2n) is 4.03. The van der Waals surface area contributed by atoms with E-state index in [1.54, 1.807) is 0 Å². The average molecular weight is 204 g/mol. The maximum Gasteiger partial charge on any atom is 0.227 e. The van der Waals surface area contributed by atoms with E-state index in [0.29, 0.717) is 6.42 Å². The molecule has 0 radical (unpaired) electrons. The lowest BCUT2D eigenvalue weighted by atomic mass is 10.1. The molecule has 3 heteroatoms. The van der Waals surface area contributed by atoms with E-state index in [2.05, 4.69) is 0 Å². The number of carbonyl (C=O) groups excluding carboxylic acids is 1. The van der Waals surface area contributed by atoms with Crippen LogP contribution in [0.4, 0.5) is 5.69 Å². The van der Waals surface area contributed by atoms with Crippen LogP contribution in [0.25, 0.3) is 0 Å². The zero-order valence-electron chi connectivity index (χ0n) is 8.94. The number of anilines is 1. The van der Waals surface area contributed by atoms with Crippen LogP contribution in [0, 0.1) is 0 Å². The van der Waals surface area contributed by atoms with Gasteiger partial charge in [-0.1, -0.05) is 12.1 Å². The van der Waals surface area contributed by atoms with Crippen LogP contribution in [0.2, 0.25) is 0 Å². The summed E-state index contributed by atoms with van der Waals surface area (Å²) in [7, 11) is 0. The maximum atomic E-state index is 11.6. The minimum Gasteiger partial charge on any atom is -0.324 e. The van der Waals surface area contributed by atoms with Crippen LogP contribution in [0.1, 0.15) is 31.4 Å². The lowest BCUT2D eigenvalue weighted by Crippen LogP contribution is -2.23. The molecule has 1 atom stereocenters. The van der Waals surface area contributed by atoms with Gasteiger partial charge in [0.2, 0.25) is 5.91 Å². The van der Waals surface area contributed by atoms with E-state index >= 15 is 0 Å². The summed E-state index contributed by atoms with van der Waals surface area (Å²) in [6.07, 6.45) is 1.63. The summed E-state index contributed by atoms with van der Waals surface area (Å²) in [6.45, 7) is 2.78. The van der Waals surface area contributed by atoms with Crippen LogP contribution >= 0.6 is 0 Å². The van der Waals surface area contributed by atoms with Crippen molar-refractivity contribution in [2.45, 2.75) is 25.8 Å². The van der Waals surface area contributed by atoms with Gasteiger partial charge in [0, 0.05) is 24.7 Å². The first-order valence-corrected chi connectivity index (χ1v) is 5.34. The highest BCUT2D eigenvalue weighted by Crippen LogP contribution is 2.23. The van der Waals surface area contributed by atoms with Crippen LogP contribution in [0.3, 0.4) is 0 Å². The number of nitrogens with two attached hydrogens (primary N) is 1. The second kappa shape index (κ2) is 4.03. The van der Waals surface area contributed by atoms with Crippen molar-refractivity contribution in [1.82, 2.24) is 0 Å². The molecule has 1 aromatic rings. The zero-order valence-corrected chi connectivity index (χ0v) is 8.94. The molecular weight excluding hydrogens is 188 g/mol. The molecular formula is C12H16N2O. The summed E-state index contributed by atoms with van der Waals surface area (Å²) in [5.74, 6) is 0.219. The third-order valence-corrected chi connectivity index (χ3v) is 2.78. The Bertz CT molecular complexity index is 374. The Hall–Kier alpha value is -1.35. The van der Waals surface area contributed by atoms with E-state index in [1.807, 2.05) is 36.1 Å². The summed E-state index contributed by atoms with van der Waals surface area (Å²) in [4.78, 5) is 13.4. The normalized spacial score (nSPS) is 18.3. The fraction of sp³-hybridized carbons (Fsp3) is 0.417. The number of rotatable bonds is 2. The Kier molecular flexibility index (Phi) is 2.73. The summed E-state index contributed by atoms with van der Waals surface area (Å²) in [5, 5.41) is 0. The lowest BCUT2D eigenvalue weighted by molar-refractivity contribution is -0.117. The summed E-state index contributed by atoms with van der Waals surface area (Å²) < 4.78 is 0.